The van der Waals surface area contributed by atoms with E-state index in [-0.39, 0.29) is 69.1 Å². The molecule has 1 fully saturated rings. The van der Waals surface area contributed by atoms with Crippen LogP contribution in [0.15, 0.2) is 64.8 Å². The van der Waals surface area contributed by atoms with Gasteiger partial charge in [0.25, 0.3) is 0 Å². The quantitative estimate of drug-likeness (QED) is 0.295. The van der Waals surface area contributed by atoms with Crippen LogP contribution in [0.4, 0.5) is 14.6 Å². The zero-order valence-corrected chi connectivity index (χ0v) is 25.4. The third-order valence-electron chi connectivity index (χ3n) is 7.54. The van der Waals surface area contributed by atoms with Crippen LogP contribution in [-0.4, -0.2) is 65.2 Å². The summed E-state index contributed by atoms with van der Waals surface area (Å²) in [5.41, 5.74) is -1.39. The molecule has 5 rings (SSSR count). The van der Waals surface area contributed by atoms with E-state index in [0.29, 0.717) is 5.56 Å². The average molecular weight is 628 g/mol. The summed E-state index contributed by atoms with van der Waals surface area (Å²) in [6.45, 7) is 9.35. The fourth-order valence-corrected chi connectivity index (χ4v) is 6.67. The number of carbonyl (C=O) groups is 1. The molecule has 2 aromatic heterocycles. The Kier molecular flexibility index (Phi) is 7.86. The first-order valence-corrected chi connectivity index (χ1v) is 15.6. The Hall–Kier alpha value is -4.16. The molecule has 0 unspecified atom stereocenters. The van der Waals surface area contributed by atoms with Gasteiger partial charge in [0, 0.05) is 31.4 Å². The van der Waals surface area contributed by atoms with Crippen molar-refractivity contribution in [3.63, 3.8) is 0 Å². The number of piperazine rings is 1. The largest absolute Gasteiger partial charge is 0.355 e. The number of pyridine rings is 1. The Morgan fingerprint density at radius 3 is 2.42 bits per heavy atom. The minimum Gasteiger partial charge on any atom is -0.349 e. The molecule has 0 bridgehead atoms. The fraction of sp³-hybridized carbons (Fsp3) is 0.267. The molecule has 1 aliphatic rings. The van der Waals surface area contributed by atoms with E-state index in [1.54, 1.807) is 22.8 Å². The van der Waals surface area contributed by atoms with Gasteiger partial charge >= 0.3 is 5.69 Å². The van der Waals surface area contributed by atoms with E-state index in [1.165, 1.54) is 30.3 Å². The number of hydrogen-bond acceptors (Lipinski definition) is 7. The lowest BCUT2D eigenvalue weighted by Crippen LogP contribution is -2.58. The fourth-order valence-electron chi connectivity index (χ4n) is 5.49. The number of fused-ring (bicyclic) bond motifs is 1. The normalized spacial score (nSPS) is 17.4. The number of amides is 1. The number of aryl methyl sites for hydroxylation is 1. The van der Waals surface area contributed by atoms with Crippen LogP contribution in [0.25, 0.3) is 28.0 Å². The number of rotatable bonds is 5. The molecule has 0 spiro atoms. The van der Waals surface area contributed by atoms with E-state index in [9.17, 15) is 18.0 Å². The smallest absolute Gasteiger partial charge is 0.349 e. The van der Waals surface area contributed by atoms with Gasteiger partial charge in [0.15, 0.2) is 21.3 Å². The summed E-state index contributed by atoms with van der Waals surface area (Å²) in [5, 5.41) is -0.0225. The van der Waals surface area contributed by atoms with E-state index in [1.807, 2.05) is 13.8 Å². The second-order valence-electron chi connectivity index (χ2n) is 10.6. The van der Waals surface area contributed by atoms with Crippen LogP contribution in [0.3, 0.4) is 0 Å². The molecular formula is C30H28ClF2N5O4S. The van der Waals surface area contributed by atoms with Crippen molar-refractivity contribution < 1.29 is 22.0 Å². The molecule has 1 saturated heterocycles. The summed E-state index contributed by atoms with van der Waals surface area (Å²) in [6.07, 6.45) is 2.23. The van der Waals surface area contributed by atoms with Gasteiger partial charge in [-0.2, -0.15) is 4.98 Å². The predicted molar refractivity (Wildman–Crippen MR) is 162 cm³/mol. The zero-order valence-electron chi connectivity index (χ0n) is 23.8. The Morgan fingerprint density at radius 2 is 1.77 bits per heavy atom. The number of hydrogen-bond donors (Lipinski definition) is 0. The van der Waals surface area contributed by atoms with Gasteiger partial charge < -0.3 is 9.80 Å². The Bertz CT molecular complexity index is 1960. The van der Waals surface area contributed by atoms with Crippen molar-refractivity contribution in [1.29, 1.82) is 0 Å². The van der Waals surface area contributed by atoms with Crippen molar-refractivity contribution in [2.45, 2.75) is 37.8 Å². The standard InChI is InChI=1S/C30H28ClF2N5O4S/c1-6-24(39)36-14-18(4)37(15-17(36)3)28-19-13-22(33)26(25-20(31)10-8-11-21(25)32)34-29(19)38(30(40)35-28)27-16(2)9-7-12-23(27)43(5,41)42/h6-13,17-18H,1,14-15H2,2-5H3/t17-,18+/m1/s1. The van der Waals surface area contributed by atoms with E-state index in [0.717, 1.165) is 23.0 Å². The van der Waals surface area contributed by atoms with Gasteiger partial charge in [0.1, 0.15) is 17.3 Å². The lowest BCUT2D eigenvalue weighted by atomic mass is 10.1. The van der Waals surface area contributed by atoms with Crippen molar-refractivity contribution in [2.75, 3.05) is 24.2 Å². The highest BCUT2D eigenvalue weighted by Gasteiger charge is 2.34. The van der Waals surface area contributed by atoms with Gasteiger partial charge in [-0.05, 0) is 56.7 Å². The molecule has 224 valence electrons. The van der Waals surface area contributed by atoms with Crippen molar-refractivity contribution in [3.8, 4) is 16.9 Å². The van der Waals surface area contributed by atoms with Crippen molar-refractivity contribution in [1.82, 2.24) is 19.4 Å². The Morgan fingerprint density at radius 1 is 1.07 bits per heavy atom. The van der Waals surface area contributed by atoms with E-state index < -0.39 is 32.9 Å². The summed E-state index contributed by atoms with van der Waals surface area (Å²) in [7, 11) is -3.86. The van der Waals surface area contributed by atoms with Gasteiger partial charge in [0.05, 0.1) is 26.6 Å². The monoisotopic (exact) mass is 627 g/mol. The highest BCUT2D eigenvalue weighted by Crippen LogP contribution is 2.36. The average Bonchev–Trinajstić information content (AvgIpc) is 2.93. The summed E-state index contributed by atoms with van der Waals surface area (Å²) < 4.78 is 57.6. The summed E-state index contributed by atoms with van der Waals surface area (Å²) in [4.78, 5) is 38.4. The number of carbonyl (C=O) groups excluding carboxylic acids is 1. The zero-order chi connectivity index (χ0) is 31.4. The van der Waals surface area contributed by atoms with Gasteiger partial charge in [-0.15, -0.1) is 0 Å². The molecular weight excluding hydrogens is 600 g/mol. The van der Waals surface area contributed by atoms with Crippen LogP contribution in [-0.2, 0) is 14.6 Å². The first-order valence-electron chi connectivity index (χ1n) is 13.3. The van der Waals surface area contributed by atoms with Gasteiger partial charge in [0.2, 0.25) is 5.91 Å². The molecule has 1 aliphatic heterocycles. The highest BCUT2D eigenvalue weighted by atomic mass is 35.5. The number of sulfone groups is 1. The number of anilines is 1. The summed E-state index contributed by atoms with van der Waals surface area (Å²) in [6, 6.07) is 8.77. The van der Waals surface area contributed by atoms with Crippen LogP contribution >= 0.6 is 11.6 Å². The number of para-hydroxylation sites is 1. The maximum Gasteiger partial charge on any atom is 0.355 e. The van der Waals surface area contributed by atoms with Crippen molar-refractivity contribution in [2.24, 2.45) is 0 Å². The highest BCUT2D eigenvalue weighted by molar-refractivity contribution is 7.90. The molecule has 2 atom stereocenters. The molecule has 1 amide bonds. The van der Waals surface area contributed by atoms with E-state index >= 15 is 8.78 Å². The Balaban J connectivity index is 1.87. The van der Waals surface area contributed by atoms with Crippen LogP contribution < -0.4 is 10.6 Å². The second-order valence-corrected chi connectivity index (χ2v) is 13.0. The molecule has 13 heteroatoms. The third kappa shape index (κ3) is 5.29. The minimum absolute atomic E-state index is 0.00782. The maximum absolute atomic E-state index is 15.9. The van der Waals surface area contributed by atoms with E-state index in [4.69, 9.17) is 11.6 Å². The molecule has 2 aromatic carbocycles. The summed E-state index contributed by atoms with van der Waals surface area (Å²) >= 11 is 6.27. The maximum atomic E-state index is 15.9. The molecule has 43 heavy (non-hydrogen) atoms. The molecule has 4 aromatic rings. The molecule has 0 radical (unpaired) electrons. The first kappa shape index (κ1) is 30.3. The van der Waals surface area contributed by atoms with Gasteiger partial charge in [-0.25, -0.2) is 31.5 Å². The lowest BCUT2D eigenvalue weighted by Gasteiger charge is -2.44. The van der Waals surface area contributed by atoms with Crippen LogP contribution in [0.1, 0.15) is 19.4 Å². The Labute approximate surface area is 252 Å². The van der Waals surface area contributed by atoms with Crippen molar-refractivity contribution >= 4 is 44.2 Å². The van der Waals surface area contributed by atoms with Crippen LogP contribution in [0, 0.1) is 18.6 Å². The van der Waals surface area contributed by atoms with Gasteiger partial charge in [-0.3, -0.25) is 4.79 Å². The summed E-state index contributed by atoms with van der Waals surface area (Å²) in [5.74, 6) is -1.92. The van der Waals surface area contributed by atoms with Crippen LogP contribution in [0.2, 0.25) is 5.02 Å². The van der Waals surface area contributed by atoms with Crippen molar-refractivity contribution in [3.05, 3.63) is 87.8 Å². The minimum atomic E-state index is -3.86. The molecule has 0 saturated carbocycles. The molecule has 3 heterocycles. The molecule has 0 aliphatic carbocycles. The topological polar surface area (TPSA) is 105 Å². The predicted octanol–water partition coefficient (Wildman–Crippen LogP) is 4.70. The first-order chi connectivity index (χ1) is 20.2. The van der Waals surface area contributed by atoms with Crippen LogP contribution in [0.5, 0.6) is 0 Å². The number of benzene rings is 2. The number of halogens is 3. The van der Waals surface area contributed by atoms with E-state index in [2.05, 4.69) is 16.5 Å². The van der Waals surface area contributed by atoms with Gasteiger partial charge in [-0.1, -0.05) is 36.4 Å². The second kappa shape index (κ2) is 11.2. The number of nitrogens with zero attached hydrogens (tertiary/aromatic N) is 5. The molecule has 0 N–H and O–H groups in total. The number of aromatic nitrogens is 3. The lowest BCUT2D eigenvalue weighted by molar-refractivity contribution is -0.128. The SMILES string of the molecule is C=CC(=O)N1C[C@H](C)N(c2nc(=O)n(-c3c(C)cccc3S(C)(=O)=O)c3nc(-c4c(F)cccc4Cl)c(F)cc23)C[C@H]1C. The molecule has 9 nitrogen and oxygen atoms in total. The third-order valence-corrected chi connectivity index (χ3v) is 8.98.